The van der Waals surface area contributed by atoms with Crippen LogP contribution in [0.3, 0.4) is 0 Å². The lowest BCUT2D eigenvalue weighted by atomic mass is 10.2. The third-order valence-corrected chi connectivity index (χ3v) is 3.03. The summed E-state index contributed by atoms with van der Waals surface area (Å²) < 4.78 is 20.0. The maximum absolute atomic E-state index is 13.1. The van der Waals surface area contributed by atoms with Gasteiger partial charge in [0.2, 0.25) is 0 Å². The van der Waals surface area contributed by atoms with Crippen molar-refractivity contribution >= 4 is 17.3 Å². The average molecular weight is 291 g/mol. The zero-order valence-electron chi connectivity index (χ0n) is 12.0. The van der Waals surface area contributed by atoms with Gasteiger partial charge in [0.1, 0.15) is 17.3 Å². The number of nitrogen functional groups attached to an aromatic ring is 1. The number of aromatic nitrogens is 1. The molecule has 0 saturated heterocycles. The molecule has 0 fully saturated rings. The number of ether oxygens (including phenoxy) is 1. The number of methoxy groups -OCH3 is 1. The summed E-state index contributed by atoms with van der Waals surface area (Å²) >= 11 is 0. The number of amides is 1. The third kappa shape index (κ3) is 3.34. The van der Waals surface area contributed by atoms with Crippen molar-refractivity contribution in [3.05, 3.63) is 42.0 Å². The van der Waals surface area contributed by atoms with Crippen LogP contribution in [0.25, 0.3) is 0 Å². The van der Waals surface area contributed by atoms with Crippen LogP contribution in [-0.4, -0.2) is 17.6 Å². The molecule has 0 bridgehead atoms. The molecule has 2 rings (SSSR count). The monoisotopic (exact) mass is 291 g/mol. The molecule has 0 saturated carbocycles. The number of anilines is 2. The van der Waals surface area contributed by atoms with Crippen LogP contribution >= 0.6 is 0 Å². The molecular weight excluding hydrogens is 273 g/mol. The third-order valence-electron chi connectivity index (χ3n) is 3.03. The van der Waals surface area contributed by atoms with Crippen LogP contribution in [0.4, 0.5) is 15.8 Å². The Morgan fingerprint density at radius 3 is 2.86 bits per heavy atom. The summed E-state index contributed by atoms with van der Waals surface area (Å²) in [6, 6.07) is 5.55. The van der Waals surface area contributed by atoms with Gasteiger partial charge in [0.25, 0.3) is 5.91 Å². The highest BCUT2D eigenvalue weighted by Crippen LogP contribution is 2.25. The number of carbonyl (C=O) groups is 1. The van der Waals surface area contributed by atoms with Gasteiger partial charge in [0.15, 0.2) is 0 Å². The largest absolute Gasteiger partial charge is 0.494 e. The van der Waals surface area contributed by atoms with E-state index in [-0.39, 0.29) is 11.7 Å². The van der Waals surface area contributed by atoms with E-state index < -0.39 is 5.82 Å². The first kappa shape index (κ1) is 14.9. The Morgan fingerprint density at radius 1 is 1.43 bits per heavy atom. The number of hydrogen-bond acceptors (Lipinski definition) is 3. The lowest BCUT2D eigenvalue weighted by molar-refractivity contribution is 0.101. The number of rotatable bonds is 5. The van der Waals surface area contributed by atoms with E-state index in [9.17, 15) is 9.18 Å². The molecule has 0 aliphatic carbocycles. The van der Waals surface area contributed by atoms with E-state index in [1.807, 2.05) is 6.92 Å². The molecule has 21 heavy (non-hydrogen) atoms. The molecule has 1 aromatic carbocycles. The van der Waals surface area contributed by atoms with Crippen molar-refractivity contribution in [2.45, 2.75) is 19.9 Å². The van der Waals surface area contributed by atoms with Crippen molar-refractivity contribution < 1.29 is 13.9 Å². The van der Waals surface area contributed by atoms with Crippen LogP contribution in [0, 0.1) is 5.82 Å². The fourth-order valence-electron chi connectivity index (χ4n) is 2.10. The minimum absolute atomic E-state index is 0.268. The van der Waals surface area contributed by atoms with Crippen LogP contribution in [0.15, 0.2) is 30.5 Å². The van der Waals surface area contributed by atoms with E-state index in [0.717, 1.165) is 6.42 Å². The maximum Gasteiger partial charge on any atom is 0.272 e. The zero-order chi connectivity index (χ0) is 15.4. The zero-order valence-corrected chi connectivity index (χ0v) is 12.0. The molecule has 0 spiro atoms. The molecule has 6 heteroatoms. The summed E-state index contributed by atoms with van der Waals surface area (Å²) in [4.78, 5) is 12.3. The van der Waals surface area contributed by atoms with Gasteiger partial charge in [-0.05, 0) is 24.6 Å². The quantitative estimate of drug-likeness (QED) is 0.890. The predicted octanol–water partition coefficient (Wildman–Crippen LogP) is 2.88. The minimum Gasteiger partial charge on any atom is -0.494 e. The Balaban J connectivity index is 2.26. The maximum atomic E-state index is 13.1. The topological polar surface area (TPSA) is 69.3 Å². The van der Waals surface area contributed by atoms with Crippen molar-refractivity contribution in [3.8, 4) is 5.75 Å². The van der Waals surface area contributed by atoms with Crippen LogP contribution in [0.5, 0.6) is 5.75 Å². The number of nitrogens with two attached hydrogens (primary N) is 1. The number of benzene rings is 1. The summed E-state index contributed by atoms with van der Waals surface area (Å²) in [6.07, 6.45) is 2.61. The SMILES string of the molecule is CCCn1cc(N)cc1C(=O)Nc1ccc(F)cc1OC. The lowest BCUT2D eigenvalue weighted by Crippen LogP contribution is -2.17. The molecule has 1 aromatic heterocycles. The molecule has 0 atom stereocenters. The molecule has 0 radical (unpaired) electrons. The van der Waals surface area contributed by atoms with E-state index in [1.54, 1.807) is 16.8 Å². The summed E-state index contributed by atoms with van der Waals surface area (Å²) in [7, 11) is 1.42. The molecule has 2 aromatic rings. The van der Waals surface area contributed by atoms with E-state index in [2.05, 4.69) is 5.32 Å². The average Bonchev–Trinajstić information content (AvgIpc) is 2.82. The molecule has 0 unspecified atom stereocenters. The van der Waals surface area contributed by atoms with Crippen molar-refractivity contribution in [2.24, 2.45) is 0 Å². The first-order chi connectivity index (χ1) is 10.0. The van der Waals surface area contributed by atoms with E-state index in [0.29, 0.717) is 23.6 Å². The molecule has 0 aliphatic rings. The van der Waals surface area contributed by atoms with Gasteiger partial charge < -0.3 is 20.4 Å². The van der Waals surface area contributed by atoms with E-state index in [4.69, 9.17) is 10.5 Å². The van der Waals surface area contributed by atoms with Crippen LogP contribution in [0.1, 0.15) is 23.8 Å². The van der Waals surface area contributed by atoms with Crippen LogP contribution in [-0.2, 0) is 6.54 Å². The van der Waals surface area contributed by atoms with Gasteiger partial charge in [-0.15, -0.1) is 0 Å². The highest BCUT2D eigenvalue weighted by atomic mass is 19.1. The Hall–Kier alpha value is -2.50. The van der Waals surface area contributed by atoms with Crippen LogP contribution < -0.4 is 15.8 Å². The molecular formula is C15H18FN3O2. The van der Waals surface area contributed by atoms with Crippen LogP contribution in [0.2, 0.25) is 0 Å². The fourth-order valence-corrected chi connectivity index (χ4v) is 2.10. The van der Waals surface area contributed by atoms with Gasteiger partial charge in [0.05, 0.1) is 18.5 Å². The molecule has 5 nitrogen and oxygen atoms in total. The molecule has 1 amide bonds. The lowest BCUT2D eigenvalue weighted by Gasteiger charge is -2.11. The van der Waals surface area contributed by atoms with Crippen molar-refractivity contribution in [3.63, 3.8) is 0 Å². The molecule has 0 aliphatic heterocycles. The fraction of sp³-hybridized carbons (Fsp3) is 0.267. The van der Waals surface area contributed by atoms with Gasteiger partial charge in [-0.2, -0.15) is 0 Å². The van der Waals surface area contributed by atoms with Gasteiger partial charge in [-0.3, -0.25) is 4.79 Å². The Morgan fingerprint density at radius 2 is 2.19 bits per heavy atom. The highest BCUT2D eigenvalue weighted by Gasteiger charge is 2.15. The number of carbonyl (C=O) groups excluding carboxylic acids is 1. The molecule has 3 N–H and O–H groups in total. The smallest absolute Gasteiger partial charge is 0.272 e. The summed E-state index contributed by atoms with van der Waals surface area (Å²) in [5.74, 6) is -0.474. The second kappa shape index (κ2) is 6.30. The van der Waals surface area contributed by atoms with E-state index in [1.165, 1.54) is 25.3 Å². The number of nitrogens with one attached hydrogen (secondary N) is 1. The summed E-state index contributed by atoms with van der Waals surface area (Å²) in [5, 5.41) is 2.71. The van der Waals surface area contributed by atoms with Crippen molar-refractivity contribution in [1.82, 2.24) is 4.57 Å². The van der Waals surface area contributed by atoms with Gasteiger partial charge >= 0.3 is 0 Å². The Labute approximate surface area is 122 Å². The Kier molecular flexibility index (Phi) is 4.47. The van der Waals surface area contributed by atoms with Crippen molar-refractivity contribution in [2.75, 3.05) is 18.2 Å². The van der Waals surface area contributed by atoms with Gasteiger partial charge in [-0.25, -0.2) is 4.39 Å². The predicted molar refractivity (Wildman–Crippen MR) is 80.0 cm³/mol. The van der Waals surface area contributed by atoms with Crippen molar-refractivity contribution in [1.29, 1.82) is 0 Å². The minimum atomic E-state index is -0.427. The second-order valence-electron chi connectivity index (χ2n) is 4.65. The first-order valence-corrected chi connectivity index (χ1v) is 6.65. The number of aryl methyl sites for hydroxylation is 1. The first-order valence-electron chi connectivity index (χ1n) is 6.65. The summed E-state index contributed by atoms with van der Waals surface area (Å²) in [6.45, 7) is 2.71. The normalized spacial score (nSPS) is 10.4. The molecule has 1 heterocycles. The number of nitrogens with zero attached hydrogens (tertiary/aromatic N) is 1. The van der Waals surface area contributed by atoms with E-state index >= 15 is 0 Å². The number of hydrogen-bond donors (Lipinski definition) is 2. The summed E-state index contributed by atoms with van der Waals surface area (Å²) in [5.41, 5.74) is 7.14. The second-order valence-corrected chi connectivity index (χ2v) is 4.65. The van der Waals surface area contributed by atoms with Gasteiger partial charge in [-0.1, -0.05) is 6.92 Å². The van der Waals surface area contributed by atoms with Gasteiger partial charge in [0, 0.05) is 18.8 Å². The Bertz CT molecular complexity index is 652. The standard InChI is InChI=1S/C15H18FN3O2/c1-3-6-19-9-11(17)8-13(19)15(20)18-12-5-4-10(16)7-14(12)21-2/h4-5,7-9H,3,6,17H2,1-2H3,(H,18,20). The number of halogens is 1. The highest BCUT2D eigenvalue weighted by molar-refractivity contribution is 6.04. The molecule has 112 valence electrons.